The highest BCUT2D eigenvalue weighted by Crippen LogP contribution is 2.28. The van der Waals surface area contributed by atoms with Gasteiger partial charge in [0.05, 0.1) is 17.0 Å². The highest BCUT2D eigenvalue weighted by atomic mass is 32.2. The van der Waals surface area contributed by atoms with Crippen LogP contribution in [0.5, 0.6) is 0 Å². The minimum Gasteiger partial charge on any atom is -0.369 e. The number of carbonyl (C=O) groups excluding carboxylic acids is 2. The maximum atomic E-state index is 12.3. The zero-order valence-corrected chi connectivity index (χ0v) is 13.4. The van der Waals surface area contributed by atoms with Gasteiger partial charge in [0, 0.05) is 14.6 Å². The lowest BCUT2D eigenvalue weighted by molar-refractivity contribution is -0.115. The molecule has 2 amide bonds. The zero-order valence-electron chi connectivity index (χ0n) is 11.8. The van der Waals surface area contributed by atoms with E-state index in [2.05, 4.69) is 5.32 Å². The number of benzene rings is 1. The van der Waals surface area contributed by atoms with E-state index in [0.29, 0.717) is 11.3 Å². The Hall–Kier alpha value is -1.79. The van der Waals surface area contributed by atoms with Gasteiger partial charge in [-0.3, -0.25) is 9.59 Å². The Morgan fingerprint density at radius 1 is 1.29 bits per heavy atom. The minimum absolute atomic E-state index is 0.135. The maximum absolute atomic E-state index is 12.3. The third kappa shape index (κ3) is 4.09. The molecule has 0 aliphatic heterocycles. The van der Waals surface area contributed by atoms with Gasteiger partial charge in [0.25, 0.3) is 5.91 Å². The van der Waals surface area contributed by atoms with Crippen molar-refractivity contribution >= 4 is 40.6 Å². The third-order valence-electron chi connectivity index (χ3n) is 2.79. The van der Waals surface area contributed by atoms with Crippen molar-refractivity contribution in [1.82, 2.24) is 0 Å². The fraction of sp³-hybridized carbons (Fsp3) is 0.200. The van der Waals surface area contributed by atoms with Crippen LogP contribution in [-0.2, 0) is 4.79 Å². The van der Waals surface area contributed by atoms with Crippen molar-refractivity contribution in [2.75, 3.05) is 11.1 Å². The van der Waals surface area contributed by atoms with Gasteiger partial charge < -0.3 is 11.1 Å². The van der Waals surface area contributed by atoms with E-state index >= 15 is 0 Å². The second-order valence-electron chi connectivity index (χ2n) is 4.53. The quantitative estimate of drug-likeness (QED) is 0.831. The van der Waals surface area contributed by atoms with Crippen LogP contribution in [0.4, 0.5) is 5.69 Å². The Kier molecular flexibility index (Phi) is 5.03. The van der Waals surface area contributed by atoms with Crippen LogP contribution in [0.15, 0.2) is 35.2 Å². The van der Waals surface area contributed by atoms with Gasteiger partial charge in [-0.05, 0) is 32.0 Å². The lowest BCUT2D eigenvalue weighted by atomic mass is 10.2. The molecule has 0 atom stereocenters. The lowest BCUT2D eigenvalue weighted by Crippen LogP contribution is -2.14. The van der Waals surface area contributed by atoms with E-state index in [1.165, 1.54) is 11.8 Å². The van der Waals surface area contributed by atoms with E-state index in [4.69, 9.17) is 5.73 Å². The SMILES string of the molecule is Cc1cc(C(=O)Nc2ccccc2SCC(N)=O)c(C)s1. The summed E-state index contributed by atoms with van der Waals surface area (Å²) in [5.74, 6) is -0.335. The van der Waals surface area contributed by atoms with Gasteiger partial charge in [-0.1, -0.05) is 12.1 Å². The first-order valence-corrected chi connectivity index (χ1v) is 8.16. The summed E-state index contributed by atoms with van der Waals surface area (Å²) in [6, 6.07) is 9.26. The number of thioether (sulfide) groups is 1. The highest BCUT2D eigenvalue weighted by molar-refractivity contribution is 8.00. The van der Waals surface area contributed by atoms with Crippen LogP contribution in [0.25, 0.3) is 0 Å². The first-order valence-electron chi connectivity index (χ1n) is 6.36. The molecule has 2 rings (SSSR count). The molecule has 0 radical (unpaired) electrons. The summed E-state index contributed by atoms with van der Waals surface area (Å²) < 4.78 is 0. The van der Waals surface area contributed by atoms with Gasteiger partial charge >= 0.3 is 0 Å². The number of thiophene rings is 1. The Morgan fingerprint density at radius 3 is 2.62 bits per heavy atom. The summed E-state index contributed by atoms with van der Waals surface area (Å²) >= 11 is 2.91. The van der Waals surface area contributed by atoms with Crippen LogP contribution in [0.2, 0.25) is 0 Å². The Bertz CT molecular complexity index is 680. The molecule has 0 unspecified atom stereocenters. The number of para-hydroxylation sites is 1. The molecule has 0 aliphatic carbocycles. The molecule has 3 N–H and O–H groups in total. The molecular weight excluding hydrogens is 304 g/mol. The fourth-order valence-electron chi connectivity index (χ4n) is 1.89. The van der Waals surface area contributed by atoms with Crippen molar-refractivity contribution in [3.8, 4) is 0 Å². The predicted molar refractivity (Wildman–Crippen MR) is 88.1 cm³/mol. The van der Waals surface area contributed by atoms with Gasteiger partial charge in [-0.2, -0.15) is 0 Å². The molecule has 0 aliphatic rings. The summed E-state index contributed by atoms with van der Waals surface area (Å²) in [6.45, 7) is 3.91. The van der Waals surface area contributed by atoms with Crippen molar-refractivity contribution in [1.29, 1.82) is 0 Å². The van der Waals surface area contributed by atoms with E-state index in [-0.39, 0.29) is 17.6 Å². The summed E-state index contributed by atoms with van der Waals surface area (Å²) in [5.41, 5.74) is 6.54. The molecule has 1 aromatic heterocycles. The molecule has 21 heavy (non-hydrogen) atoms. The number of hydrogen-bond donors (Lipinski definition) is 2. The summed E-state index contributed by atoms with van der Waals surface area (Å²) in [7, 11) is 0. The topological polar surface area (TPSA) is 72.2 Å². The molecule has 0 saturated heterocycles. The van der Waals surface area contributed by atoms with Crippen molar-refractivity contribution in [2.24, 2.45) is 5.73 Å². The van der Waals surface area contributed by atoms with Gasteiger partial charge in [-0.25, -0.2) is 0 Å². The number of primary amides is 1. The van der Waals surface area contributed by atoms with Crippen molar-refractivity contribution in [3.05, 3.63) is 45.6 Å². The fourth-order valence-corrected chi connectivity index (χ4v) is 3.56. The predicted octanol–water partition coefficient (Wildman–Crippen LogP) is 3.19. The number of carbonyl (C=O) groups is 2. The Labute approximate surface area is 131 Å². The lowest BCUT2D eigenvalue weighted by Gasteiger charge is -2.10. The number of aryl methyl sites for hydroxylation is 2. The smallest absolute Gasteiger partial charge is 0.256 e. The zero-order chi connectivity index (χ0) is 15.4. The number of nitrogens with one attached hydrogen (secondary N) is 1. The monoisotopic (exact) mass is 320 g/mol. The molecule has 1 aromatic carbocycles. The Balaban J connectivity index is 2.17. The maximum Gasteiger partial charge on any atom is 0.256 e. The van der Waals surface area contributed by atoms with Gasteiger partial charge in [-0.15, -0.1) is 23.1 Å². The van der Waals surface area contributed by atoms with E-state index < -0.39 is 0 Å². The number of hydrogen-bond acceptors (Lipinski definition) is 4. The molecule has 0 spiro atoms. The summed E-state index contributed by atoms with van der Waals surface area (Å²) in [5, 5.41) is 2.90. The van der Waals surface area contributed by atoms with Gasteiger partial charge in [0.15, 0.2) is 0 Å². The van der Waals surface area contributed by atoms with Crippen LogP contribution in [-0.4, -0.2) is 17.6 Å². The Morgan fingerprint density at radius 2 is 2.00 bits per heavy atom. The summed E-state index contributed by atoms with van der Waals surface area (Å²) in [6.07, 6.45) is 0. The minimum atomic E-state index is -0.384. The van der Waals surface area contributed by atoms with Crippen LogP contribution in [0.3, 0.4) is 0 Å². The number of nitrogens with two attached hydrogens (primary N) is 1. The number of rotatable bonds is 5. The average molecular weight is 320 g/mol. The number of amides is 2. The molecule has 0 bridgehead atoms. The molecule has 0 fully saturated rings. The molecule has 0 saturated carbocycles. The molecule has 2 aromatic rings. The molecule has 4 nitrogen and oxygen atoms in total. The second kappa shape index (κ2) is 6.78. The van der Waals surface area contributed by atoms with Crippen molar-refractivity contribution in [2.45, 2.75) is 18.7 Å². The van der Waals surface area contributed by atoms with E-state index in [1.807, 2.05) is 44.2 Å². The van der Waals surface area contributed by atoms with Crippen LogP contribution in [0, 0.1) is 13.8 Å². The van der Waals surface area contributed by atoms with Crippen LogP contribution < -0.4 is 11.1 Å². The highest BCUT2D eigenvalue weighted by Gasteiger charge is 2.14. The third-order valence-corrected chi connectivity index (χ3v) is 4.85. The normalized spacial score (nSPS) is 10.4. The van der Waals surface area contributed by atoms with Gasteiger partial charge in [0.1, 0.15) is 0 Å². The first kappa shape index (κ1) is 15.6. The van der Waals surface area contributed by atoms with E-state index in [9.17, 15) is 9.59 Å². The standard InChI is InChI=1S/C15H16N2O2S2/c1-9-7-11(10(2)21-9)15(19)17-12-5-3-4-6-13(12)20-8-14(16)18/h3-7H,8H2,1-2H3,(H2,16,18)(H,17,19). The second-order valence-corrected chi connectivity index (χ2v) is 7.01. The van der Waals surface area contributed by atoms with Crippen molar-refractivity contribution < 1.29 is 9.59 Å². The largest absolute Gasteiger partial charge is 0.369 e. The van der Waals surface area contributed by atoms with Crippen molar-refractivity contribution in [3.63, 3.8) is 0 Å². The molecule has 1 heterocycles. The van der Waals surface area contributed by atoms with Crippen LogP contribution >= 0.6 is 23.1 Å². The summed E-state index contributed by atoms with van der Waals surface area (Å²) in [4.78, 5) is 26.2. The number of anilines is 1. The average Bonchev–Trinajstić information content (AvgIpc) is 2.76. The molecule has 110 valence electrons. The van der Waals surface area contributed by atoms with Crippen LogP contribution in [0.1, 0.15) is 20.1 Å². The van der Waals surface area contributed by atoms with Gasteiger partial charge in [0.2, 0.25) is 5.91 Å². The molecule has 6 heteroatoms. The first-order chi connectivity index (χ1) is 9.97. The van der Waals surface area contributed by atoms with E-state index in [1.54, 1.807) is 11.3 Å². The van der Waals surface area contributed by atoms with E-state index in [0.717, 1.165) is 14.6 Å². The molecular formula is C15H16N2O2S2.